The van der Waals surface area contributed by atoms with Crippen molar-refractivity contribution >= 4 is 67.4 Å². The van der Waals surface area contributed by atoms with Crippen molar-refractivity contribution in [2.24, 2.45) is 0 Å². The third kappa shape index (κ3) is 1.59. The highest BCUT2D eigenvalue weighted by Crippen LogP contribution is 2.34. The summed E-state index contributed by atoms with van der Waals surface area (Å²) in [6.45, 7) is 6.51. The number of nitrogens with zero attached hydrogens (tertiary/aromatic N) is 1. The first-order chi connectivity index (χ1) is 6.52. The van der Waals surface area contributed by atoms with Gasteiger partial charge in [-0.2, -0.15) is 0 Å². The second-order valence-corrected chi connectivity index (χ2v) is 6.81. The molecule has 0 fully saturated rings. The number of halogens is 2. The predicted molar refractivity (Wildman–Crippen MR) is 79.3 cm³/mol. The molecule has 2 aromatic rings. The topological polar surface area (TPSA) is 12.9 Å². The lowest BCUT2D eigenvalue weighted by Crippen LogP contribution is -1.92. The summed E-state index contributed by atoms with van der Waals surface area (Å²) in [5.74, 6) is 0. The van der Waals surface area contributed by atoms with Crippen LogP contribution in [0.1, 0.15) is 15.3 Å². The van der Waals surface area contributed by atoms with Gasteiger partial charge in [-0.3, -0.25) is 0 Å². The van der Waals surface area contributed by atoms with Gasteiger partial charge in [-0.25, -0.2) is 4.98 Å². The number of aromatic nitrogens is 1. The quantitative estimate of drug-likeness (QED) is 0.446. The number of fused-ring (bicyclic) bond motifs is 1. The number of hydrogen-bond donors (Lipinski definition) is 0. The highest BCUT2D eigenvalue weighted by atomic mass is 127. The van der Waals surface area contributed by atoms with E-state index >= 15 is 0 Å². The van der Waals surface area contributed by atoms with Crippen LogP contribution in [0.25, 0.3) is 10.9 Å². The molecule has 0 aliphatic heterocycles. The minimum absolute atomic E-state index is 1.12. The zero-order valence-electron chi connectivity index (χ0n) is 8.11. The second-order valence-electron chi connectivity index (χ2n) is 3.28. The average Bonchev–Trinajstić information content (AvgIpc) is 2.38. The van der Waals surface area contributed by atoms with Gasteiger partial charge in [0.15, 0.2) is 0 Å². The van der Waals surface area contributed by atoms with Gasteiger partial charge < -0.3 is 0 Å². The minimum atomic E-state index is 1.12. The molecule has 2 aromatic heterocycles. The van der Waals surface area contributed by atoms with E-state index in [1.807, 2.05) is 11.3 Å². The maximum Gasteiger partial charge on any atom is 0.115 e. The van der Waals surface area contributed by atoms with Crippen molar-refractivity contribution in [3.05, 3.63) is 22.6 Å². The number of thiophene rings is 1. The van der Waals surface area contributed by atoms with Crippen molar-refractivity contribution in [1.29, 1.82) is 0 Å². The fourth-order valence-electron chi connectivity index (χ4n) is 1.66. The SMILES string of the molecule is Cc1sc(C)c2c(C)c(I)c(I)nc12. The molecule has 14 heavy (non-hydrogen) atoms. The van der Waals surface area contributed by atoms with Crippen molar-refractivity contribution < 1.29 is 0 Å². The van der Waals surface area contributed by atoms with E-state index in [0.29, 0.717) is 0 Å². The molecular formula is C10H9I2NS. The molecule has 0 unspecified atom stereocenters. The van der Waals surface area contributed by atoms with Crippen LogP contribution in [0.4, 0.5) is 0 Å². The highest BCUT2D eigenvalue weighted by molar-refractivity contribution is 14.1. The van der Waals surface area contributed by atoms with E-state index in [4.69, 9.17) is 0 Å². The lowest BCUT2D eigenvalue weighted by Gasteiger charge is -2.03. The molecule has 0 saturated heterocycles. The summed E-state index contributed by atoms with van der Waals surface area (Å²) >= 11 is 6.53. The van der Waals surface area contributed by atoms with Crippen molar-refractivity contribution in [3.63, 3.8) is 0 Å². The molecule has 0 amide bonds. The first kappa shape index (κ1) is 11.1. The van der Waals surface area contributed by atoms with Crippen LogP contribution in [0.3, 0.4) is 0 Å². The number of hydrogen-bond acceptors (Lipinski definition) is 2. The molecule has 0 aliphatic rings. The van der Waals surface area contributed by atoms with Gasteiger partial charge in [-0.15, -0.1) is 11.3 Å². The van der Waals surface area contributed by atoms with Crippen LogP contribution in [0, 0.1) is 28.0 Å². The largest absolute Gasteiger partial charge is 0.240 e. The van der Waals surface area contributed by atoms with Gasteiger partial charge in [0.05, 0.1) is 5.52 Å². The maximum atomic E-state index is 4.65. The van der Waals surface area contributed by atoms with Crippen molar-refractivity contribution in [2.75, 3.05) is 0 Å². The van der Waals surface area contributed by atoms with E-state index in [0.717, 1.165) is 3.70 Å². The molecule has 1 nitrogen and oxygen atoms in total. The van der Waals surface area contributed by atoms with Crippen LogP contribution in [0.2, 0.25) is 0 Å². The van der Waals surface area contributed by atoms with Gasteiger partial charge in [0.1, 0.15) is 3.70 Å². The van der Waals surface area contributed by atoms with E-state index < -0.39 is 0 Å². The fraction of sp³-hybridized carbons (Fsp3) is 0.300. The molecule has 0 saturated carbocycles. The molecule has 2 heterocycles. The van der Waals surface area contributed by atoms with Crippen LogP contribution in [-0.2, 0) is 0 Å². The van der Waals surface area contributed by atoms with Gasteiger partial charge in [-0.05, 0) is 71.5 Å². The fourth-order valence-corrected chi connectivity index (χ4v) is 3.75. The predicted octanol–water partition coefficient (Wildman–Crippen LogP) is 4.43. The van der Waals surface area contributed by atoms with Crippen LogP contribution in [0.5, 0.6) is 0 Å². The molecule has 74 valence electrons. The van der Waals surface area contributed by atoms with E-state index in [1.165, 1.54) is 29.8 Å². The van der Waals surface area contributed by atoms with Gasteiger partial charge >= 0.3 is 0 Å². The first-order valence-electron chi connectivity index (χ1n) is 4.23. The Morgan fingerprint density at radius 3 is 2.36 bits per heavy atom. The average molecular weight is 429 g/mol. The van der Waals surface area contributed by atoms with E-state index in [9.17, 15) is 0 Å². The Kier molecular flexibility index (Phi) is 3.05. The van der Waals surface area contributed by atoms with Crippen LogP contribution < -0.4 is 0 Å². The van der Waals surface area contributed by atoms with E-state index in [1.54, 1.807) is 0 Å². The Morgan fingerprint density at radius 1 is 1.07 bits per heavy atom. The van der Waals surface area contributed by atoms with E-state index in [2.05, 4.69) is 70.9 Å². The third-order valence-electron chi connectivity index (χ3n) is 2.32. The third-order valence-corrected chi connectivity index (χ3v) is 6.47. The molecule has 0 atom stereocenters. The van der Waals surface area contributed by atoms with Crippen molar-refractivity contribution in [1.82, 2.24) is 4.98 Å². The summed E-state index contributed by atoms with van der Waals surface area (Å²) in [7, 11) is 0. The van der Waals surface area contributed by atoms with Crippen molar-refractivity contribution in [3.8, 4) is 0 Å². The Morgan fingerprint density at radius 2 is 1.71 bits per heavy atom. The summed E-state index contributed by atoms with van der Waals surface area (Å²) in [4.78, 5) is 7.36. The van der Waals surface area contributed by atoms with Crippen LogP contribution in [0.15, 0.2) is 0 Å². The lowest BCUT2D eigenvalue weighted by molar-refractivity contribution is 1.27. The monoisotopic (exact) mass is 429 g/mol. The first-order valence-corrected chi connectivity index (χ1v) is 7.21. The number of rotatable bonds is 0. The van der Waals surface area contributed by atoms with Gasteiger partial charge in [0.2, 0.25) is 0 Å². The molecular weight excluding hydrogens is 420 g/mol. The molecule has 0 spiro atoms. The highest BCUT2D eigenvalue weighted by Gasteiger charge is 2.13. The summed E-state index contributed by atoms with van der Waals surface area (Å²) in [6.07, 6.45) is 0. The van der Waals surface area contributed by atoms with Crippen molar-refractivity contribution in [2.45, 2.75) is 20.8 Å². The minimum Gasteiger partial charge on any atom is -0.240 e. The molecule has 0 N–H and O–H groups in total. The zero-order chi connectivity index (χ0) is 10.5. The Balaban J connectivity index is 3.01. The second kappa shape index (κ2) is 3.86. The molecule has 0 radical (unpaired) electrons. The summed E-state index contributed by atoms with van der Waals surface area (Å²) in [5.41, 5.74) is 2.57. The lowest BCUT2D eigenvalue weighted by atomic mass is 10.1. The van der Waals surface area contributed by atoms with Crippen LogP contribution in [-0.4, -0.2) is 4.98 Å². The van der Waals surface area contributed by atoms with Gasteiger partial charge in [0.25, 0.3) is 0 Å². The summed E-state index contributed by atoms with van der Waals surface area (Å²) < 4.78 is 2.41. The molecule has 0 aromatic carbocycles. The molecule has 2 rings (SSSR count). The zero-order valence-corrected chi connectivity index (χ0v) is 13.2. The standard InChI is InChI=1S/C10H9I2NS/c1-4-7-5(2)14-6(3)9(7)13-10(12)8(4)11/h1-3H3. The Labute approximate surface area is 115 Å². The molecule has 0 aliphatic carbocycles. The summed E-state index contributed by atoms with van der Waals surface area (Å²) in [5, 5.41) is 1.36. The Bertz CT molecular complexity index is 517. The van der Waals surface area contributed by atoms with Gasteiger partial charge in [-0.1, -0.05) is 0 Å². The number of aryl methyl sites for hydroxylation is 3. The van der Waals surface area contributed by atoms with E-state index in [-0.39, 0.29) is 0 Å². The normalized spacial score (nSPS) is 11.2. The summed E-state index contributed by atoms with van der Waals surface area (Å²) in [6, 6.07) is 0. The molecule has 0 bridgehead atoms. The van der Waals surface area contributed by atoms with Gasteiger partial charge in [0, 0.05) is 18.7 Å². The maximum absolute atomic E-state index is 4.65. The number of pyridine rings is 1. The Hall–Kier alpha value is 0.570. The molecule has 4 heteroatoms. The smallest absolute Gasteiger partial charge is 0.115 e. The van der Waals surface area contributed by atoms with Crippen LogP contribution >= 0.6 is 56.5 Å².